The fourth-order valence-electron chi connectivity index (χ4n) is 3.27. The normalized spacial score (nSPS) is 17.8. The number of aromatic nitrogens is 2. The lowest BCUT2D eigenvalue weighted by Crippen LogP contribution is -2.41. The van der Waals surface area contributed by atoms with E-state index in [-0.39, 0.29) is 23.6 Å². The third-order valence-corrected chi connectivity index (χ3v) is 4.63. The number of benzene rings is 1. The van der Waals surface area contributed by atoms with E-state index in [4.69, 9.17) is 5.73 Å². The van der Waals surface area contributed by atoms with E-state index >= 15 is 0 Å². The van der Waals surface area contributed by atoms with Gasteiger partial charge in [0.25, 0.3) is 5.91 Å². The van der Waals surface area contributed by atoms with Crippen LogP contribution in [0.25, 0.3) is 0 Å². The zero-order valence-electron chi connectivity index (χ0n) is 14.1. The molecule has 2 aromatic rings. The monoisotopic (exact) mass is 338 g/mol. The van der Waals surface area contributed by atoms with Gasteiger partial charge in [-0.2, -0.15) is 0 Å². The van der Waals surface area contributed by atoms with Crippen molar-refractivity contribution in [2.75, 3.05) is 12.3 Å². The molecule has 25 heavy (non-hydrogen) atoms. The molecule has 1 aromatic carbocycles. The molecule has 0 radical (unpaired) electrons. The largest absolute Gasteiger partial charge is 0.383 e. The number of carbonyl (C=O) groups is 2. The molecule has 0 bridgehead atoms. The predicted octanol–water partition coefficient (Wildman–Crippen LogP) is 2.72. The molecule has 1 fully saturated rings. The minimum atomic E-state index is -0.189. The molecule has 2 heterocycles. The van der Waals surface area contributed by atoms with Gasteiger partial charge >= 0.3 is 0 Å². The molecule has 6 nitrogen and oxygen atoms in total. The van der Waals surface area contributed by atoms with Gasteiger partial charge in [-0.1, -0.05) is 43.2 Å². The van der Waals surface area contributed by atoms with Crippen LogP contribution in [0.1, 0.15) is 52.8 Å². The fourth-order valence-corrected chi connectivity index (χ4v) is 3.27. The van der Waals surface area contributed by atoms with Gasteiger partial charge < -0.3 is 10.6 Å². The van der Waals surface area contributed by atoms with E-state index in [1.165, 1.54) is 12.5 Å². The molecular weight excluding hydrogens is 316 g/mol. The SMILES string of the molecule is Nc1ncncc1C(=O)N1CCCCC[C@H]1CC(=O)c1ccccc1. The summed E-state index contributed by atoms with van der Waals surface area (Å²) < 4.78 is 0. The smallest absolute Gasteiger partial charge is 0.259 e. The number of amides is 1. The molecular formula is C19H22N4O2. The Bertz CT molecular complexity index is 748. The molecule has 1 aromatic heterocycles. The highest BCUT2D eigenvalue weighted by Gasteiger charge is 2.29. The van der Waals surface area contributed by atoms with Gasteiger partial charge in [0, 0.05) is 30.8 Å². The van der Waals surface area contributed by atoms with Crippen LogP contribution in [0.5, 0.6) is 0 Å². The van der Waals surface area contributed by atoms with Crippen LogP contribution in [-0.2, 0) is 0 Å². The van der Waals surface area contributed by atoms with E-state index in [2.05, 4.69) is 9.97 Å². The Morgan fingerprint density at radius 1 is 1.16 bits per heavy atom. The summed E-state index contributed by atoms with van der Waals surface area (Å²) in [5.41, 5.74) is 6.83. The molecule has 1 atom stereocenters. The summed E-state index contributed by atoms with van der Waals surface area (Å²) in [6.45, 7) is 0.625. The van der Waals surface area contributed by atoms with Crippen molar-refractivity contribution in [1.29, 1.82) is 0 Å². The van der Waals surface area contributed by atoms with Crippen molar-refractivity contribution in [3.63, 3.8) is 0 Å². The summed E-state index contributed by atoms with van der Waals surface area (Å²) in [5, 5.41) is 0. The van der Waals surface area contributed by atoms with Crippen molar-refractivity contribution in [3.05, 3.63) is 54.0 Å². The number of hydrogen-bond donors (Lipinski definition) is 1. The second-order valence-electron chi connectivity index (χ2n) is 6.32. The minimum absolute atomic E-state index is 0.0579. The molecule has 6 heteroatoms. The predicted molar refractivity (Wildman–Crippen MR) is 95.1 cm³/mol. The van der Waals surface area contributed by atoms with Gasteiger partial charge in [0.1, 0.15) is 17.7 Å². The molecule has 0 saturated carbocycles. The topological polar surface area (TPSA) is 89.2 Å². The van der Waals surface area contributed by atoms with Gasteiger partial charge in [-0.3, -0.25) is 9.59 Å². The fraction of sp³-hybridized carbons (Fsp3) is 0.368. The molecule has 3 rings (SSSR count). The number of carbonyl (C=O) groups excluding carboxylic acids is 2. The maximum atomic E-state index is 13.0. The first-order chi connectivity index (χ1) is 12.2. The second-order valence-corrected chi connectivity index (χ2v) is 6.32. The number of nitrogens with zero attached hydrogens (tertiary/aromatic N) is 3. The minimum Gasteiger partial charge on any atom is -0.383 e. The molecule has 130 valence electrons. The molecule has 1 amide bonds. The van der Waals surface area contributed by atoms with Gasteiger partial charge in [0.2, 0.25) is 0 Å². The van der Waals surface area contributed by atoms with Gasteiger partial charge in [-0.15, -0.1) is 0 Å². The lowest BCUT2D eigenvalue weighted by molar-refractivity contribution is 0.0660. The highest BCUT2D eigenvalue weighted by molar-refractivity contribution is 5.99. The van der Waals surface area contributed by atoms with Gasteiger partial charge in [0.05, 0.1) is 0 Å². The Morgan fingerprint density at radius 2 is 1.96 bits per heavy atom. The number of rotatable bonds is 4. The number of anilines is 1. The number of ketones is 1. The van der Waals surface area contributed by atoms with Gasteiger partial charge in [0.15, 0.2) is 5.78 Å². The molecule has 0 spiro atoms. The first kappa shape index (κ1) is 17.1. The molecule has 2 N–H and O–H groups in total. The van der Waals surface area contributed by atoms with Crippen LogP contribution in [0, 0.1) is 0 Å². The number of nitrogen functional groups attached to an aromatic ring is 1. The van der Waals surface area contributed by atoms with Crippen LogP contribution < -0.4 is 5.73 Å². The summed E-state index contributed by atoms with van der Waals surface area (Å²) in [6.07, 6.45) is 6.91. The van der Waals surface area contributed by atoms with Gasteiger partial charge in [-0.25, -0.2) is 9.97 Å². The van der Waals surface area contributed by atoms with Crippen molar-refractivity contribution in [1.82, 2.24) is 14.9 Å². The molecule has 1 aliphatic heterocycles. The van der Waals surface area contributed by atoms with Crippen LogP contribution >= 0.6 is 0 Å². The number of likely N-dealkylation sites (tertiary alicyclic amines) is 1. The Morgan fingerprint density at radius 3 is 2.72 bits per heavy atom. The summed E-state index contributed by atoms with van der Waals surface area (Å²) in [5.74, 6) is 0.0471. The average molecular weight is 338 g/mol. The van der Waals surface area contributed by atoms with E-state index < -0.39 is 0 Å². The van der Waals surface area contributed by atoms with Crippen molar-refractivity contribution >= 4 is 17.5 Å². The van der Waals surface area contributed by atoms with Crippen molar-refractivity contribution in [2.45, 2.75) is 38.1 Å². The number of nitrogens with two attached hydrogens (primary N) is 1. The maximum absolute atomic E-state index is 13.0. The molecule has 0 unspecified atom stereocenters. The van der Waals surface area contributed by atoms with Crippen LogP contribution in [0.4, 0.5) is 5.82 Å². The maximum Gasteiger partial charge on any atom is 0.259 e. The highest BCUT2D eigenvalue weighted by Crippen LogP contribution is 2.24. The van der Waals surface area contributed by atoms with E-state index in [1.54, 1.807) is 4.90 Å². The Balaban J connectivity index is 1.81. The first-order valence-electron chi connectivity index (χ1n) is 8.61. The zero-order chi connectivity index (χ0) is 17.6. The third-order valence-electron chi connectivity index (χ3n) is 4.63. The highest BCUT2D eigenvalue weighted by atomic mass is 16.2. The molecule has 0 aliphatic carbocycles. The van der Waals surface area contributed by atoms with Crippen LogP contribution in [0.2, 0.25) is 0 Å². The Hall–Kier alpha value is -2.76. The van der Waals surface area contributed by atoms with Crippen LogP contribution in [-0.4, -0.2) is 39.1 Å². The van der Waals surface area contributed by atoms with Crippen molar-refractivity contribution in [2.24, 2.45) is 0 Å². The van der Waals surface area contributed by atoms with Crippen LogP contribution in [0.3, 0.4) is 0 Å². The first-order valence-corrected chi connectivity index (χ1v) is 8.61. The molecule has 1 saturated heterocycles. The Kier molecular flexibility index (Phi) is 5.38. The lowest BCUT2D eigenvalue weighted by Gasteiger charge is -2.30. The van der Waals surface area contributed by atoms with E-state index in [0.717, 1.165) is 25.7 Å². The summed E-state index contributed by atoms with van der Waals surface area (Å²) in [7, 11) is 0. The molecule has 1 aliphatic rings. The average Bonchev–Trinajstić information content (AvgIpc) is 2.88. The number of Topliss-reactive ketones (excluding diaryl/α,β-unsaturated/α-hetero) is 1. The van der Waals surface area contributed by atoms with Crippen molar-refractivity contribution in [3.8, 4) is 0 Å². The van der Waals surface area contributed by atoms with E-state index in [9.17, 15) is 9.59 Å². The lowest BCUT2D eigenvalue weighted by atomic mass is 9.99. The summed E-state index contributed by atoms with van der Waals surface area (Å²) >= 11 is 0. The van der Waals surface area contributed by atoms with E-state index in [1.807, 2.05) is 30.3 Å². The summed E-state index contributed by atoms with van der Waals surface area (Å²) in [4.78, 5) is 35.2. The third kappa shape index (κ3) is 4.02. The van der Waals surface area contributed by atoms with Crippen molar-refractivity contribution < 1.29 is 9.59 Å². The van der Waals surface area contributed by atoms with Gasteiger partial charge in [-0.05, 0) is 12.8 Å². The Labute approximate surface area is 147 Å². The number of hydrogen-bond acceptors (Lipinski definition) is 5. The standard InChI is InChI=1S/C19H22N4O2/c20-18-16(12-21-13-22-18)19(25)23-10-6-2-5-9-15(23)11-17(24)14-7-3-1-4-8-14/h1,3-4,7-8,12-13,15H,2,5-6,9-11H2,(H2,20,21,22)/t15-/m0/s1. The summed E-state index contributed by atoms with van der Waals surface area (Å²) in [6, 6.07) is 9.09. The zero-order valence-corrected chi connectivity index (χ0v) is 14.1. The quantitative estimate of drug-likeness (QED) is 0.866. The second kappa shape index (κ2) is 7.88. The van der Waals surface area contributed by atoms with E-state index in [0.29, 0.717) is 24.1 Å². The van der Waals surface area contributed by atoms with Crippen LogP contribution in [0.15, 0.2) is 42.9 Å².